The number of oxazole rings is 1. The molecule has 0 unspecified atom stereocenters. The molecule has 0 aliphatic carbocycles. The summed E-state index contributed by atoms with van der Waals surface area (Å²) in [5.41, 5.74) is 1.02. The standard InChI is InChI=1S/C21H22ClN3O4S/c1-4-25(5-2)30(27,28)16-11-12-17(22)18(13-16)23-20(26)19-14(3)29-21(24-19)15-9-7-6-8-10-15/h6-13H,4-5H2,1-3H3,(H,23,26). The molecular weight excluding hydrogens is 426 g/mol. The van der Waals surface area contributed by atoms with Crippen LogP contribution in [0.4, 0.5) is 5.69 Å². The Bertz CT molecular complexity index is 1160. The Balaban J connectivity index is 1.90. The molecule has 0 spiro atoms. The van der Waals surface area contributed by atoms with Gasteiger partial charge in [-0.1, -0.05) is 43.6 Å². The van der Waals surface area contributed by atoms with Crippen LogP contribution >= 0.6 is 11.6 Å². The van der Waals surface area contributed by atoms with Gasteiger partial charge in [-0.15, -0.1) is 0 Å². The van der Waals surface area contributed by atoms with Crippen molar-refractivity contribution in [2.75, 3.05) is 18.4 Å². The van der Waals surface area contributed by atoms with Gasteiger partial charge in [0.05, 0.1) is 15.6 Å². The number of rotatable bonds is 7. The summed E-state index contributed by atoms with van der Waals surface area (Å²) in [6.07, 6.45) is 0. The first-order valence-corrected chi connectivity index (χ1v) is 11.2. The fourth-order valence-corrected chi connectivity index (χ4v) is 4.62. The van der Waals surface area contributed by atoms with Crippen LogP contribution in [0.1, 0.15) is 30.1 Å². The van der Waals surface area contributed by atoms with Gasteiger partial charge in [-0.3, -0.25) is 4.79 Å². The predicted molar refractivity (Wildman–Crippen MR) is 116 cm³/mol. The van der Waals surface area contributed by atoms with E-state index in [4.69, 9.17) is 16.0 Å². The maximum absolute atomic E-state index is 12.8. The number of amides is 1. The van der Waals surface area contributed by atoms with Gasteiger partial charge in [0.25, 0.3) is 5.91 Å². The molecule has 0 saturated carbocycles. The lowest BCUT2D eigenvalue weighted by Crippen LogP contribution is -2.30. The Morgan fingerprint density at radius 3 is 2.43 bits per heavy atom. The van der Waals surface area contributed by atoms with Crippen LogP contribution in [-0.4, -0.2) is 36.7 Å². The van der Waals surface area contributed by atoms with Crippen molar-refractivity contribution in [1.29, 1.82) is 0 Å². The fourth-order valence-electron chi connectivity index (χ4n) is 2.97. The zero-order chi connectivity index (χ0) is 21.9. The number of carbonyl (C=O) groups excluding carboxylic acids is 1. The number of anilines is 1. The summed E-state index contributed by atoms with van der Waals surface area (Å²) in [6, 6.07) is 13.4. The highest BCUT2D eigenvalue weighted by atomic mass is 35.5. The molecule has 0 aliphatic rings. The molecule has 158 valence electrons. The zero-order valence-electron chi connectivity index (χ0n) is 16.8. The highest BCUT2D eigenvalue weighted by Crippen LogP contribution is 2.28. The molecule has 0 aliphatic heterocycles. The predicted octanol–water partition coefficient (Wildman–Crippen LogP) is 4.59. The molecule has 1 amide bonds. The van der Waals surface area contributed by atoms with Gasteiger partial charge in [0.15, 0.2) is 5.69 Å². The fraction of sp³-hybridized carbons (Fsp3) is 0.238. The van der Waals surface area contributed by atoms with E-state index in [9.17, 15) is 13.2 Å². The Labute approximate surface area is 180 Å². The molecule has 0 saturated heterocycles. The summed E-state index contributed by atoms with van der Waals surface area (Å²) < 4.78 is 32.5. The second-order valence-electron chi connectivity index (χ2n) is 6.47. The molecule has 3 rings (SSSR count). The van der Waals surface area contributed by atoms with Gasteiger partial charge in [0.1, 0.15) is 5.76 Å². The van der Waals surface area contributed by atoms with Crippen molar-refractivity contribution in [2.24, 2.45) is 0 Å². The van der Waals surface area contributed by atoms with Gasteiger partial charge in [-0.2, -0.15) is 4.31 Å². The highest BCUT2D eigenvalue weighted by molar-refractivity contribution is 7.89. The Hall–Kier alpha value is -2.68. The van der Waals surface area contributed by atoms with Crippen molar-refractivity contribution in [3.05, 3.63) is 65.0 Å². The number of aromatic nitrogens is 1. The van der Waals surface area contributed by atoms with E-state index in [0.717, 1.165) is 5.56 Å². The Morgan fingerprint density at radius 1 is 1.13 bits per heavy atom. The summed E-state index contributed by atoms with van der Waals surface area (Å²) in [5, 5.41) is 2.86. The lowest BCUT2D eigenvalue weighted by atomic mass is 10.2. The van der Waals surface area contributed by atoms with Crippen LogP contribution in [0.5, 0.6) is 0 Å². The highest BCUT2D eigenvalue weighted by Gasteiger charge is 2.24. The molecule has 0 fully saturated rings. The van der Waals surface area contributed by atoms with Crippen LogP contribution in [0.25, 0.3) is 11.5 Å². The molecule has 3 aromatic rings. The van der Waals surface area contributed by atoms with E-state index in [-0.39, 0.29) is 21.3 Å². The molecule has 1 heterocycles. The van der Waals surface area contributed by atoms with E-state index in [0.29, 0.717) is 24.7 Å². The van der Waals surface area contributed by atoms with Crippen LogP contribution in [0.15, 0.2) is 57.8 Å². The van der Waals surface area contributed by atoms with Gasteiger partial charge in [0, 0.05) is 18.7 Å². The average molecular weight is 448 g/mol. The monoisotopic (exact) mass is 447 g/mol. The lowest BCUT2D eigenvalue weighted by molar-refractivity contribution is 0.102. The summed E-state index contributed by atoms with van der Waals surface area (Å²) in [7, 11) is -3.69. The van der Waals surface area contributed by atoms with E-state index in [1.54, 1.807) is 20.8 Å². The number of hydrogen-bond acceptors (Lipinski definition) is 5. The molecule has 30 heavy (non-hydrogen) atoms. The van der Waals surface area contributed by atoms with Gasteiger partial charge in [-0.05, 0) is 37.3 Å². The molecule has 0 atom stereocenters. The molecule has 2 aromatic carbocycles. The Kier molecular flexibility index (Phi) is 6.60. The van der Waals surface area contributed by atoms with Gasteiger partial charge in [0.2, 0.25) is 15.9 Å². The van der Waals surface area contributed by atoms with E-state index in [2.05, 4.69) is 10.3 Å². The summed E-state index contributed by atoms with van der Waals surface area (Å²) in [4.78, 5) is 17.1. The average Bonchev–Trinajstić information content (AvgIpc) is 3.12. The largest absolute Gasteiger partial charge is 0.441 e. The third kappa shape index (κ3) is 4.40. The number of benzene rings is 2. The van der Waals surface area contributed by atoms with Gasteiger partial charge >= 0.3 is 0 Å². The molecular formula is C21H22ClN3O4S. The number of nitrogens with zero attached hydrogens (tertiary/aromatic N) is 2. The van der Waals surface area contributed by atoms with E-state index in [1.165, 1.54) is 22.5 Å². The minimum atomic E-state index is -3.69. The number of carbonyl (C=O) groups is 1. The third-order valence-corrected chi connectivity index (χ3v) is 6.94. The number of sulfonamides is 1. The SMILES string of the molecule is CCN(CC)S(=O)(=O)c1ccc(Cl)c(NC(=O)c2nc(-c3ccccc3)oc2C)c1. The first-order chi connectivity index (χ1) is 14.3. The Morgan fingerprint density at radius 2 is 1.80 bits per heavy atom. The normalized spacial score (nSPS) is 11.6. The first-order valence-electron chi connectivity index (χ1n) is 9.41. The molecule has 1 aromatic heterocycles. The van der Waals surface area contributed by atoms with Crippen molar-refractivity contribution in [3.8, 4) is 11.5 Å². The summed E-state index contributed by atoms with van der Waals surface area (Å²) >= 11 is 6.20. The molecule has 9 heteroatoms. The minimum Gasteiger partial charge on any atom is -0.441 e. The van der Waals surface area contributed by atoms with Crippen LogP contribution in [0.3, 0.4) is 0 Å². The topological polar surface area (TPSA) is 92.5 Å². The summed E-state index contributed by atoms with van der Waals surface area (Å²) in [5.74, 6) is 0.120. The van der Waals surface area contributed by atoms with Crippen molar-refractivity contribution >= 4 is 33.2 Å². The lowest BCUT2D eigenvalue weighted by Gasteiger charge is -2.19. The van der Waals surface area contributed by atoms with E-state index < -0.39 is 15.9 Å². The maximum atomic E-state index is 12.8. The maximum Gasteiger partial charge on any atom is 0.277 e. The van der Waals surface area contributed by atoms with Crippen molar-refractivity contribution in [1.82, 2.24) is 9.29 Å². The second-order valence-corrected chi connectivity index (χ2v) is 8.82. The third-order valence-electron chi connectivity index (χ3n) is 4.56. The minimum absolute atomic E-state index is 0.0488. The van der Waals surface area contributed by atoms with Crippen molar-refractivity contribution < 1.29 is 17.6 Å². The number of aryl methyl sites for hydroxylation is 1. The zero-order valence-corrected chi connectivity index (χ0v) is 18.4. The van der Waals surface area contributed by atoms with Crippen molar-refractivity contribution in [3.63, 3.8) is 0 Å². The van der Waals surface area contributed by atoms with Crippen LogP contribution in [0, 0.1) is 6.92 Å². The number of halogens is 1. The van der Waals surface area contributed by atoms with Crippen molar-refractivity contribution in [2.45, 2.75) is 25.7 Å². The number of hydrogen-bond donors (Lipinski definition) is 1. The molecule has 0 bridgehead atoms. The molecule has 0 radical (unpaired) electrons. The van der Waals surface area contributed by atoms with E-state index in [1.807, 2.05) is 30.3 Å². The van der Waals surface area contributed by atoms with Gasteiger partial charge < -0.3 is 9.73 Å². The quantitative estimate of drug-likeness (QED) is 0.572. The number of nitrogens with one attached hydrogen (secondary N) is 1. The first kappa shape index (κ1) is 22.0. The molecule has 1 N–H and O–H groups in total. The van der Waals surface area contributed by atoms with Crippen LogP contribution < -0.4 is 5.32 Å². The smallest absolute Gasteiger partial charge is 0.277 e. The van der Waals surface area contributed by atoms with Crippen LogP contribution in [-0.2, 0) is 10.0 Å². The second kappa shape index (κ2) is 8.99. The molecule has 7 nitrogen and oxygen atoms in total. The van der Waals surface area contributed by atoms with Gasteiger partial charge in [-0.25, -0.2) is 13.4 Å². The van der Waals surface area contributed by atoms with E-state index >= 15 is 0 Å². The summed E-state index contributed by atoms with van der Waals surface area (Å²) in [6.45, 7) is 5.83. The van der Waals surface area contributed by atoms with Crippen LogP contribution in [0.2, 0.25) is 5.02 Å².